The van der Waals surface area contributed by atoms with E-state index in [-0.39, 0.29) is 11.6 Å². The van der Waals surface area contributed by atoms with E-state index in [0.717, 1.165) is 11.3 Å². The Labute approximate surface area is 124 Å². The Morgan fingerprint density at radius 2 is 1.90 bits per heavy atom. The van der Waals surface area contributed by atoms with Gasteiger partial charge in [-0.05, 0) is 42.2 Å². The van der Waals surface area contributed by atoms with Crippen LogP contribution in [0.15, 0.2) is 24.3 Å². The Morgan fingerprint density at radius 1 is 1.20 bits per heavy atom. The summed E-state index contributed by atoms with van der Waals surface area (Å²) in [5.74, 6) is 0.930. The van der Waals surface area contributed by atoms with Crippen molar-refractivity contribution in [3.05, 3.63) is 29.8 Å². The van der Waals surface area contributed by atoms with E-state index in [2.05, 4.69) is 39.9 Å². The zero-order chi connectivity index (χ0) is 15.2. The summed E-state index contributed by atoms with van der Waals surface area (Å²) in [6, 6.07) is 8.11. The predicted molar refractivity (Wildman–Crippen MR) is 85.6 cm³/mol. The van der Waals surface area contributed by atoms with Crippen molar-refractivity contribution < 1.29 is 14.3 Å². The van der Waals surface area contributed by atoms with E-state index in [0.29, 0.717) is 19.6 Å². The smallest absolute Gasteiger partial charge is 0.250 e. The van der Waals surface area contributed by atoms with Crippen LogP contribution in [0.4, 0.5) is 0 Å². The molecule has 1 aromatic carbocycles. The molecular weight excluding hydrogens is 268 g/mol. The number of ether oxygens (including phenoxy) is 1. The molecule has 20 heavy (non-hydrogen) atoms. The molecule has 1 N–H and O–H groups in total. The monoisotopic (exact) mass is 296 g/mol. The standard InChI is InChI=1S/C16H28O3Si/c1-16(2,3)20(4,5)19-15-9-6-8-14(12-15)13-18-11-7-10-17/h6,8-9,12,17H,7,10-11,13H2,1-5H3. The number of benzene rings is 1. The Bertz CT molecular complexity index is 410. The summed E-state index contributed by atoms with van der Waals surface area (Å²) >= 11 is 0. The van der Waals surface area contributed by atoms with Crippen LogP contribution in [0.3, 0.4) is 0 Å². The normalized spacial score (nSPS) is 12.5. The Morgan fingerprint density at radius 3 is 2.50 bits per heavy atom. The van der Waals surface area contributed by atoms with Crippen LogP contribution in [0, 0.1) is 0 Å². The van der Waals surface area contributed by atoms with E-state index in [1.165, 1.54) is 0 Å². The first-order valence-electron chi connectivity index (χ1n) is 7.23. The third kappa shape index (κ3) is 5.27. The van der Waals surface area contributed by atoms with Crippen LogP contribution in [-0.4, -0.2) is 26.6 Å². The van der Waals surface area contributed by atoms with Crippen LogP contribution >= 0.6 is 0 Å². The molecule has 1 rings (SSSR count). The zero-order valence-corrected chi connectivity index (χ0v) is 14.4. The van der Waals surface area contributed by atoms with Gasteiger partial charge in [0.1, 0.15) is 5.75 Å². The molecule has 0 aliphatic rings. The van der Waals surface area contributed by atoms with E-state index in [9.17, 15) is 0 Å². The molecular formula is C16H28O3Si. The predicted octanol–water partition coefficient (Wildman–Crippen LogP) is 3.97. The van der Waals surface area contributed by atoms with Crippen molar-refractivity contribution >= 4 is 8.32 Å². The van der Waals surface area contributed by atoms with Gasteiger partial charge in [0.15, 0.2) is 0 Å². The first-order chi connectivity index (χ1) is 9.26. The fourth-order valence-corrected chi connectivity index (χ4v) is 2.53. The number of aliphatic hydroxyl groups excluding tert-OH is 1. The molecule has 0 aliphatic carbocycles. The average Bonchev–Trinajstić information content (AvgIpc) is 2.33. The molecule has 0 radical (unpaired) electrons. The Balaban J connectivity index is 2.64. The second-order valence-corrected chi connectivity index (χ2v) is 11.4. The van der Waals surface area contributed by atoms with Crippen LogP contribution in [0.5, 0.6) is 5.75 Å². The molecule has 0 fully saturated rings. The summed E-state index contributed by atoms with van der Waals surface area (Å²) in [6.45, 7) is 12.5. The summed E-state index contributed by atoms with van der Waals surface area (Å²) in [4.78, 5) is 0. The molecule has 0 heterocycles. The summed E-state index contributed by atoms with van der Waals surface area (Å²) in [5.41, 5.74) is 1.11. The van der Waals surface area contributed by atoms with Gasteiger partial charge < -0.3 is 14.3 Å². The Hall–Kier alpha value is -0.843. The molecule has 0 aliphatic heterocycles. The maximum atomic E-state index is 8.72. The molecule has 0 aromatic heterocycles. The lowest BCUT2D eigenvalue weighted by atomic mass is 10.2. The van der Waals surface area contributed by atoms with Crippen molar-refractivity contribution in [2.24, 2.45) is 0 Å². The SMILES string of the molecule is CC(C)(C)[Si](C)(C)Oc1cccc(COCCCO)c1. The molecule has 1 aromatic rings. The highest BCUT2D eigenvalue weighted by atomic mass is 28.4. The van der Waals surface area contributed by atoms with Crippen molar-refractivity contribution in [1.29, 1.82) is 0 Å². The highest BCUT2D eigenvalue weighted by Gasteiger charge is 2.38. The van der Waals surface area contributed by atoms with Gasteiger partial charge in [-0.25, -0.2) is 0 Å². The third-order valence-electron chi connectivity index (χ3n) is 3.79. The molecule has 0 bridgehead atoms. The van der Waals surface area contributed by atoms with Crippen molar-refractivity contribution in [2.75, 3.05) is 13.2 Å². The van der Waals surface area contributed by atoms with Crippen LogP contribution in [0.1, 0.15) is 32.8 Å². The largest absolute Gasteiger partial charge is 0.543 e. The van der Waals surface area contributed by atoms with Gasteiger partial charge in [0.2, 0.25) is 8.32 Å². The van der Waals surface area contributed by atoms with Crippen molar-refractivity contribution in [1.82, 2.24) is 0 Å². The van der Waals surface area contributed by atoms with Crippen molar-refractivity contribution in [2.45, 2.75) is 51.9 Å². The lowest BCUT2D eigenvalue weighted by Gasteiger charge is -2.36. The van der Waals surface area contributed by atoms with E-state index >= 15 is 0 Å². The van der Waals surface area contributed by atoms with Gasteiger partial charge in [-0.2, -0.15) is 0 Å². The summed E-state index contributed by atoms with van der Waals surface area (Å²) in [7, 11) is -1.79. The second kappa shape index (κ2) is 7.25. The first-order valence-corrected chi connectivity index (χ1v) is 10.1. The van der Waals surface area contributed by atoms with Gasteiger partial charge in [-0.15, -0.1) is 0 Å². The molecule has 4 heteroatoms. The second-order valence-electron chi connectivity index (χ2n) is 6.64. The lowest BCUT2D eigenvalue weighted by Crippen LogP contribution is -2.43. The fourth-order valence-electron chi connectivity index (χ4n) is 1.50. The van der Waals surface area contributed by atoms with Gasteiger partial charge in [0, 0.05) is 13.2 Å². The topological polar surface area (TPSA) is 38.7 Å². The van der Waals surface area contributed by atoms with Crippen LogP contribution < -0.4 is 4.43 Å². The van der Waals surface area contributed by atoms with Crippen molar-refractivity contribution in [3.63, 3.8) is 0 Å². The van der Waals surface area contributed by atoms with Crippen LogP contribution in [0.25, 0.3) is 0 Å². The molecule has 0 atom stereocenters. The average molecular weight is 296 g/mol. The summed E-state index contributed by atoms with van der Waals surface area (Å²) in [6.07, 6.45) is 0.681. The van der Waals surface area contributed by atoms with E-state index in [4.69, 9.17) is 14.3 Å². The molecule has 3 nitrogen and oxygen atoms in total. The molecule has 0 amide bonds. The summed E-state index contributed by atoms with van der Waals surface area (Å²) in [5, 5.41) is 8.91. The van der Waals surface area contributed by atoms with Crippen molar-refractivity contribution in [3.8, 4) is 5.75 Å². The minimum atomic E-state index is -1.79. The number of hydrogen-bond donors (Lipinski definition) is 1. The maximum Gasteiger partial charge on any atom is 0.250 e. The van der Waals surface area contributed by atoms with Gasteiger partial charge in [-0.3, -0.25) is 0 Å². The van der Waals surface area contributed by atoms with Gasteiger partial charge in [0.25, 0.3) is 0 Å². The van der Waals surface area contributed by atoms with E-state index in [1.54, 1.807) is 0 Å². The van der Waals surface area contributed by atoms with Gasteiger partial charge in [-0.1, -0.05) is 32.9 Å². The third-order valence-corrected chi connectivity index (χ3v) is 8.15. The van der Waals surface area contributed by atoms with Gasteiger partial charge in [0.05, 0.1) is 6.61 Å². The number of rotatable bonds is 7. The van der Waals surface area contributed by atoms with Gasteiger partial charge >= 0.3 is 0 Å². The molecule has 0 spiro atoms. The molecule has 0 unspecified atom stereocenters. The fraction of sp³-hybridized carbons (Fsp3) is 0.625. The van der Waals surface area contributed by atoms with Crippen LogP contribution in [-0.2, 0) is 11.3 Å². The first kappa shape index (κ1) is 17.2. The molecule has 0 saturated heterocycles. The number of aliphatic hydroxyl groups is 1. The molecule has 114 valence electrons. The number of hydrogen-bond acceptors (Lipinski definition) is 3. The maximum absolute atomic E-state index is 8.72. The minimum absolute atomic E-state index is 0.175. The molecule has 0 saturated carbocycles. The summed E-state index contributed by atoms with van der Waals surface area (Å²) < 4.78 is 11.8. The lowest BCUT2D eigenvalue weighted by molar-refractivity contribution is 0.104. The Kier molecular flexibility index (Phi) is 6.24. The highest BCUT2D eigenvalue weighted by molar-refractivity contribution is 6.74. The van der Waals surface area contributed by atoms with E-state index in [1.807, 2.05) is 18.2 Å². The zero-order valence-electron chi connectivity index (χ0n) is 13.4. The van der Waals surface area contributed by atoms with Crippen LogP contribution in [0.2, 0.25) is 18.1 Å². The quantitative estimate of drug-likeness (QED) is 0.611. The minimum Gasteiger partial charge on any atom is -0.543 e. The van der Waals surface area contributed by atoms with E-state index < -0.39 is 8.32 Å². The highest BCUT2D eigenvalue weighted by Crippen LogP contribution is 2.37.